The van der Waals surface area contributed by atoms with E-state index >= 15 is 0 Å². The first-order valence-electron chi connectivity index (χ1n) is 6.60. The summed E-state index contributed by atoms with van der Waals surface area (Å²) in [6.45, 7) is 0. The van der Waals surface area contributed by atoms with Gasteiger partial charge in [-0.25, -0.2) is 0 Å². The second kappa shape index (κ2) is 5.23. The summed E-state index contributed by atoms with van der Waals surface area (Å²) in [5.41, 5.74) is 0.352. The summed E-state index contributed by atoms with van der Waals surface area (Å²) in [6, 6.07) is 8.95. The van der Waals surface area contributed by atoms with Crippen LogP contribution in [0.1, 0.15) is 22.0 Å². The van der Waals surface area contributed by atoms with Gasteiger partial charge in [0.15, 0.2) is 29.5 Å². The molecule has 3 N–H and O–H groups in total. The molecule has 0 saturated carbocycles. The third-order valence-electron chi connectivity index (χ3n) is 3.61. The highest BCUT2D eigenvalue weighted by Crippen LogP contribution is 2.41. The molecule has 0 saturated heterocycles. The summed E-state index contributed by atoms with van der Waals surface area (Å²) < 4.78 is 10.7. The Bertz CT molecular complexity index is 739. The first-order valence-corrected chi connectivity index (χ1v) is 6.60. The highest BCUT2D eigenvalue weighted by atomic mass is 16.5. The van der Waals surface area contributed by atoms with Crippen LogP contribution in [0.15, 0.2) is 36.4 Å². The van der Waals surface area contributed by atoms with Gasteiger partial charge in [-0.1, -0.05) is 12.1 Å². The van der Waals surface area contributed by atoms with E-state index in [9.17, 15) is 20.1 Å². The topological polar surface area (TPSA) is 96.2 Å². The molecule has 0 spiro atoms. The SMILES string of the molecule is COc1ccc2c(c1)C(=O)[C@H](O)[C@@H](c1cccc(O)c1O)O2. The molecule has 0 aromatic heterocycles. The number of ether oxygens (including phenoxy) is 2. The fourth-order valence-corrected chi connectivity index (χ4v) is 2.44. The van der Waals surface area contributed by atoms with Crippen molar-refractivity contribution in [2.75, 3.05) is 7.11 Å². The Kier molecular flexibility index (Phi) is 3.38. The Morgan fingerprint density at radius 3 is 2.68 bits per heavy atom. The number of phenols is 2. The first kappa shape index (κ1) is 14.2. The second-order valence-electron chi connectivity index (χ2n) is 4.92. The molecular weight excluding hydrogens is 288 g/mol. The number of hydrogen-bond donors (Lipinski definition) is 3. The van der Waals surface area contributed by atoms with Crippen molar-refractivity contribution in [1.82, 2.24) is 0 Å². The van der Waals surface area contributed by atoms with Crippen molar-refractivity contribution in [2.45, 2.75) is 12.2 Å². The van der Waals surface area contributed by atoms with Crippen molar-refractivity contribution in [1.29, 1.82) is 0 Å². The zero-order valence-corrected chi connectivity index (χ0v) is 11.7. The van der Waals surface area contributed by atoms with E-state index in [1.165, 1.54) is 31.4 Å². The van der Waals surface area contributed by atoms with Crippen molar-refractivity contribution >= 4 is 5.78 Å². The molecule has 0 unspecified atom stereocenters. The van der Waals surface area contributed by atoms with Crippen molar-refractivity contribution < 1.29 is 29.6 Å². The van der Waals surface area contributed by atoms with Gasteiger partial charge in [0.25, 0.3) is 0 Å². The van der Waals surface area contributed by atoms with Gasteiger partial charge in [0.1, 0.15) is 11.5 Å². The fourth-order valence-electron chi connectivity index (χ4n) is 2.44. The summed E-state index contributed by atoms with van der Waals surface area (Å²) in [7, 11) is 1.47. The van der Waals surface area contributed by atoms with Crippen LogP contribution in [0.3, 0.4) is 0 Å². The summed E-state index contributed by atoms with van der Waals surface area (Å²) >= 11 is 0. The lowest BCUT2D eigenvalue weighted by Crippen LogP contribution is -2.36. The van der Waals surface area contributed by atoms with E-state index in [1.807, 2.05) is 0 Å². The number of fused-ring (bicyclic) bond motifs is 1. The monoisotopic (exact) mass is 302 g/mol. The standard InChI is InChI=1S/C16H14O6/c1-21-8-5-6-12-10(7-8)14(19)15(20)16(22-12)9-3-2-4-11(17)13(9)18/h2-7,15-18,20H,1H3/t15-,16+/m0/s1. The van der Waals surface area contributed by atoms with Gasteiger partial charge in [-0.3, -0.25) is 4.79 Å². The van der Waals surface area contributed by atoms with Crippen LogP contribution >= 0.6 is 0 Å². The number of rotatable bonds is 2. The average molecular weight is 302 g/mol. The van der Waals surface area contributed by atoms with Gasteiger partial charge in [0.05, 0.1) is 12.7 Å². The molecule has 6 nitrogen and oxygen atoms in total. The molecule has 1 aliphatic rings. The number of carbonyl (C=O) groups is 1. The van der Waals surface area contributed by atoms with Crippen molar-refractivity contribution in [3.05, 3.63) is 47.5 Å². The molecule has 6 heteroatoms. The van der Waals surface area contributed by atoms with E-state index in [2.05, 4.69) is 0 Å². The number of benzene rings is 2. The van der Waals surface area contributed by atoms with Gasteiger partial charge in [0, 0.05) is 5.56 Å². The third-order valence-corrected chi connectivity index (χ3v) is 3.61. The van der Waals surface area contributed by atoms with Crippen LogP contribution in [0, 0.1) is 0 Å². The molecule has 114 valence electrons. The molecule has 0 bridgehead atoms. The number of aliphatic hydroxyl groups excluding tert-OH is 1. The van der Waals surface area contributed by atoms with E-state index in [-0.39, 0.29) is 22.6 Å². The molecule has 2 aromatic carbocycles. The molecule has 0 amide bonds. The van der Waals surface area contributed by atoms with Crippen LogP contribution in [0.25, 0.3) is 0 Å². The average Bonchev–Trinajstić information content (AvgIpc) is 2.53. The number of methoxy groups -OCH3 is 1. The fraction of sp³-hybridized carbons (Fsp3) is 0.188. The maximum atomic E-state index is 12.3. The van der Waals surface area contributed by atoms with Crippen LogP contribution in [0.5, 0.6) is 23.0 Å². The Labute approximate surface area is 126 Å². The lowest BCUT2D eigenvalue weighted by molar-refractivity contribution is 0.0207. The van der Waals surface area contributed by atoms with Gasteiger partial charge < -0.3 is 24.8 Å². The van der Waals surface area contributed by atoms with Gasteiger partial charge in [-0.2, -0.15) is 0 Å². The number of ketones is 1. The lowest BCUT2D eigenvalue weighted by Gasteiger charge is -2.30. The highest BCUT2D eigenvalue weighted by Gasteiger charge is 2.38. The largest absolute Gasteiger partial charge is 0.504 e. The zero-order valence-electron chi connectivity index (χ0n) is 11.7. The van der Waals surface area contributed by atoms with Crippen LogP contribution in [-0.2, 0) is 0 Å². The van der Waals surface area contributed by atoms with Gasteiger partial charge in [0.2, 0.25) is 0 Å². The Morgan fingerprint density at radius 2 is 1.95 bits per heavy atom. The Balaban J connectivity index is 2.06. The van der Waals surface area contributed by atoms with Crippen molar-refractivity contribution in [2.24, 2.45) is 0 Å². The van der Waals surface area contributed by atoms with Crippen molar-refractivity contribution in [3.63, 3.8) is 0 Å². The summed E-state index contributed by atoms with van der Waals surface area (Å²) in [5.74, 6) is -0.545. The number of hydrogen-bond acceptors (Lipinski definition) is 6. The van der Waals surface area contributed by atoms with Gasteiger partial charge >= 0.3 is 0 Å². The summed E-state index contributed by atoms with van der Waals surface area (Å²) in [6.07, 6.45) is -2.59. The smallest absolute Gasteiger partial charge is 0.199 e. The molecule has 0 radical (unpaired) electrons. The predicted molar refractivity (Wildman–Crippen MR) is 76.5 cm³/mol. The molecule has 0 fully saturated rings. The number of Topliss-reactive ketones (excluding diaryl/α,β-unsaturated/α-hetero) is 1. The quantitative estimate of drug-likeness (QED) is 0.732. The number of aliphatic hydroxyl groups is 1. The molecule has 1 heterocycles. The number of para-hydroxylation sites is 1. The van der Waals surface area contributed by atoms with E-state index in [0.29, 0.717) is 5.75 Å². The minimum atomic E-state index is -1.49. The first-order chi connectivity index (χ1) is 10.5. The molecule has 2 aromatic rings. The minimum Gasteiger partial charge on any atom is -0.504 e. The third kappa shape index (κ3) is 2.14. The maximum absolute atomic E-state index is 12.3. The Morgan fingerprint density at radius 1 is 1.18 bits per heavy atom. The van der Waals surface area contributed by atoms with Gasteiger partial charge in [-0.05, 0) is 24.3 Å². The van der Waals surface area contributed by atoms with Gasteiger partial charge in [-0.15, -0.1) is 0 Å². The highest BCUT2D eigenvalue weighted by molar-refractivity contribution is 6.03. The minimum absolute atomic E-state index is 0.141. The predicted octanol–water partition coefficient (Wildman–Crippen LogP) is 1.78. The molecule has 1 aliphatic heterocycles. The van der Waals surface area contributed by atoms with E-state index in [1.54, 1.807) is 12.1 Å². The second-order valence-corrected chi connectivity index (χ2v) is 4.92. The number of phenolic OH excluding ortho intramolecular Hbond substituents is 2. The van der Waals surface area contributed by atoms with Crippen LogP contribution in [0.2, 0.25) is 0 Å². The number of aromatic hydroxyl groups is 2. The van der Waals surface area contributed by atoms with Crippen LogP contribution < -0.4 is 9.47 Å². The number of carbonyl (C=O) groups excluding carboxylic acids is 1. The zero-order chi connectivity index (χ0) is 15.9. The summed E-state index contributed by atoms with van der Waals surface area (Å²) in [4.78, 5) is 12.3. The normalized spacial score (nSPS) is 20.2. The van der Waals surface area contributed by atoms with Crippen molar-refractivity contribution in [3.8, 4) is 23.0 Å². The van der Waals surface area contributed by atoms with Crippen LogP contribution in [0.4, 0.5) is 0 Å². The molecule has 2 atom stereocenters. The Hall–Kier alpha value is -2.73. The molecular formula is C16H14O6. The van der Waals surface area contributed by atoms with E-state index in [0.717, 1.165) is 0 Å². The summed E-state index contributed by atoms with van der Waals surface area (Å²) in [5, 5.41) is 29.7. The molecule has 3 rings (SSSR count). The van der Waals surface area contributed by atoms with E-state index in [4.69, 9.17) is 9.47 Å². The lowest BCUT2D eigenvalue weighted by atomic mass is 9.93. The molecule has 22 heavy (non-hydrogen) atoms. The maximum Gasteiger partial charge on any atom is 0.199 e. The molecule has 0 aliphatic carbocycles. The van der Waals surface area contributed by atoms with Crippen LogP contribution in [-0.4, -0.2) is 34.3 Å². The van der Waals surface area contributed by atoms with E-state index < -0.39 is 23.7 Å².